The topological polar surface area (TPSA) is 17.1 Å². The molecule has 0 saturated carbocycles. The van der Waals surface area contributed by atoms with Crippen LogP contribution in [-0.4, -0.2) is 0 Å². The molecule has 1 nitrogen and oxygen atoms in total. The van der Waals surface area contributed by atoms with E-state index in [1.807, 2.05) is 24.3 Å². The van der Waals surface area contributed by atoms with Crippen LogP contribution >= 0.6 is 11.3 Å². The smallest absolute Gasteiger partial charge is 0.229 e. The van der Waals surface area contributed by atoms with Crippen molar-refractivity contribution in [2.24, 2.45) is 0 Å². The van der Waals surface area contributed by atoms with Gasteiger partial charge in [-0.15, -0.1) is 11.3 Å². The molecule has 0 spiro atoms. The third-order valence-electron chi connectivity index (χ3n) is 7.28. The molecule has 0 saturated heterocycles. The molecular formula is C29H29OS2+. The second-order valence-corrected chi connectivity index (χ2v) is 11.0. The Morgan fingerprint density at radius 2 is 1.28 bits per heavy atom. The van der Waals surface area contributed by atoms with Crippen molar-refractivity contribution < 1.29 is 0 Å². The van der Waals surface area contributed by atoms with Crippen molar-refractivity contribution >= 4 is 42.4 Å². The third kappa shape index (κ3) is 3.41. The number of benzene rings is 3. The maximum atomic E-state index is 13.4. The Morgan fingerprint density at radius 1 is 0.750 bits per heavy atom. The van der Waals surface area contributed by atoms with Crippen LogP contribution in [0.4, 0.5) is 0 Å². The van der Waals surface area contributed by atoms with E-state index in [-0.39, 0.29) is 5.43 Å². The summed E-state index contributed by atoms with van der Waals surface area (Å²) in [6.07, 6.45) is 13.1. The van der Waals surface area contributed by atoms with Crippen molar-refractivity contribution in [1.82, 2.24) is 0 Å². The van der Waals surface area contributed by atoms with E-state index < -0.39 is 10.9 Å². The molecule has 0 amide bonds. The van der Waals surface area contributed by atoms with Crippen LogP contribution in [-0.2, 0) is 17.3 Å². The number of rotatable bonds is 3. The Labute approximate surface area is 198 Å². The minimum Gasteiger partial charge on any atom is -0.288 e. The largest absolute Gasteiger partial charge is 0.288 e. The van der Waals surface area contributed by atoms with E-state index in [1.54, 1.807) is 11.3 Å². The van der Waals surface area contributed by atoms with Gasteiger partial charge in [0.2, 0.25) is 12.5 Å². The number of hydrogen-bond donors (Lipinski definition) is 0. The molecular weight excluding hydrogens is 428 g/mol. The maximum Gasteiger partial charge on any atom is 0.229 e. The van der Waals surface area contributed by atoms with Crippen LogP contribution < -0.4 is 5.43 Å². The van der Waals surface area contributed by atoms with Crippen molar-refractivity contribution in [3.05, 3.63) is 97.1 Å². The summed E-state index contributed by atoms with van der Waals surface area (Å²) in [5.74, 6) is 0. The Morgan fingerprint density at radius 3 is 1.88 bits per heavy atom. The first-order valence-electron chi connectivity index (χ1n) is 10.8. The quantitative estimate of drug-likeness (QED) is 0.230. The fourth-order valence-electron chi connectivity index (χ4n) is 5.00. The molecule has 0 aliphatic carbocycles. The molecule has 32 heavy (non-hydrogen) atoms. The SMILES string of the molecule is [CH][S+]([CH])c1c(C)c(C)c(Cc2c(C)c(C)c3c(=O)c4ccccc4sc3c2C)c(C)c1C. The van der Waals surface area contributed by atoms with Crippen LogP contribution in [0.3, 0.4) is 0 Å². The van der Waals surface area contributed by atoms with Gasteiger partial charge in [-0.05, 0) is 106 Å². The van der Waals surface area contributed by atoms with Gasteiger partial charge in [-0.2, -0.15) is 0 Å². The molecule has 4 aromatic rings. The minimum absolute atomic E-state index is 0.144. The van der Waals surface area contributed by atoms with E-state index >= 15 is 0 Å². The molecule has 0 atom stereocenters. The van der Waals surface area contributed by atoms with Gasteiger partial charge in [0.05, 0.1) is 10.9 Å². The van der Waals surface area contributed by atoms with E-state index in [2.05, 4.69) is 48.5 Å². The van der Waals surface area contributed by atoms with Gasteiger partial charge in [0, 0.05) is 31.3 Å². The van der Waals surface area contributed by atoms with Gasteiger partial charge in [0.1, 0.15) is 0 Å². The highest BCUT2D eigenvalue weighted by Gasteiger charge is 2.25. The fourth-order valence-corrected chi connectivity index (χ4v) is 7.27. The predicted octanol–water partition coefficient (Wildman–Crippen LogP) is 7.48. The van der Waals surface area contributed by atoms with Crippen molar-refractivity contribution in [3.8, 4) is 0 Å². The van der Waals surface area contributed by atoms with E-state index in [4.69, 9.17) is 12.5 Å². The van der Waals surface area contributed by atoms with Crippen molar-refractivity contribution in [2.75, 3.05) is 0 Å². The van der Waals surface area contributed by atoms with E-state index in [0.29, 0.717) is 0 Å². The second kappa shape index (κ2) is 8.35. The third-order valence-corrected chi connectivity index (χ3v) is 9.66. The predicted molar refractivity (Wildman–Crippen MR) is 142 cm³/mol. The lowest BCUT2D eigenvalue weighted by molar-refractivity contribution is 1.02. The normalized spacial score (nSPS) is 11.8. The molecule has 0 fully saturated rings. The molecule has 162 valence electrons. The Hall–Kier alpha value is -2.10. The first kappa shape index (κ1) is 23.1. The second-order valence-electron chi connectivity index (χ2n) is 8.84. The van der Waals surface area contributed by atoms with Crippen LogP contribution in [0, 0.1) is 61.0 Å². The van der Waals surface area contributed by atoms with E-state index in [9.17, 15) is 4.79 Å². The first-order chi connectivity index (χ1) is 15.1. The zero-order chi connectivity index (χ0) is 23.5. The molecule has 1 aromatic heterocycles. The highest BCUT2D eigenvalue weighted by atomic mass is 32.2. The van der Waals surface area contributed by atoms with Gasteiger partial charge in [-0.25, -0.2) is 0 Å². The highest BCUT2D eigenvalue weighted by Crippen LogP contribution is 2.37. The number of fused-ring (bicyclic) bond motifs is 2. The zero-order valence-electron chi connectivity index (χ0n) is 19.9. The highest BCUT2D eigenvalue weighted by molar-refractivity contribution is 7.99. The van der Waals surface area contributed by atoms with Crippen LogP contribution in [0.1, 0.15) is 50.1 Å². The van der Waals surface area contributed by atoms with Crippen molar-refractivity contribution in [2.45, 2.75) is 59.8 Å². The lowest BCUT2D eigenvalue weighted by Crippen LogP contribution is -2.11. The lowest BCUT2D eigenvalue weighted by atomic mass is 9.85. The monoisotopic (exact) mass is 457 g/mol. The zero-order valence-corrected chi connectivity index (χ0v) is 21.5. The van der Waals surface area contributed by atoms with E-state index in [1.165, 1.54) is 44.5 Å². The molecule has 0 aliphatic heterocycles. The molecule has 4 radical (unpaired) electrons. The summed E-state index contributed by atoms with van der Waals surface area (Å²) < 4.78 is 2.15. The van der Waals surface area contributed by atoms with Gasteiger partial charge in [0.15, 0.2) is 10.3 Å². The minimum atomic E-state index is -0.758. The van der Waals surface area contributed by atoms with Gasteiger partial charge >= 0.3 is 0 Å². The molecule has 1 heterocycles. The lowest BCUT2D eigenvalue weighted by Gasteiger charge is -2.21. The summed E-state index contributed by atoms with van der Waals surface area (Å²) in [4.78, 5) is 14.4. The van der Waals surface area contributed by atoms with Gasteiger partial charge in [0.25, 0.3) is 0 Å². The van der Waals surface area contributed by atoms with Gasteiger partial charge in [-0.1, -0.05) is 12.1 Å². The summed E-state index contributed by atoms with van der Waals surface area (Å²) in [6, 6.07) is 7.93. The summed E-state index contributed by atoms with van der Waals surface area (Å²) in [6.45, 7) is 15.0. The van der Waals surface area contributed by atoms with Crippen molar-refractivity contribution in [1.29, 1.82) is 0 Å². The van der Waals surface area contributed by atoms with Crippen molar-refractivity contribution in [3.63, 3.8) is 0 Å². The summed E-state index contributed by atoms with van der Waals surface area (Å²) >= 11 is 1.73. The van der Waals surface area contributed by atoms with Crippen LogP contribution in [0.15, 0.2) is 34.0 Å². The Kier molecular flexibility index (Phi) is 6.02. The summed E-state index contributed by atoms with van der Waals surface area (Å²) in [7, 11) is -0.758. The van der Waals surface area contributed by atoms with Gasteiger partial charge < -0.3 is 0 Å². The Balaban J connectivity index is 2.02. The first-order valence-corrected chi connectivity index (χ1v) is 13.0. The molecule has 3 heteroatoms. The molecule has 0 aliphatic rings. The maximum absolute atomic E-state index is 13.4. The average molecular weight is 458 g/mol. The molecule has 0 bridgehead atoms. The van der Waals surface area contributed by atoms with Crippen LogP contribution in [0.5, 0.6) is 0 Å². The molecule has 0 N–H and O–H groups in total. The molecule has 3 aromatic carbocycles. The summed E-state index contributed by atoms with van der Waals surface area (Å²) in [5.41, 5.74) is 11.2. The standard InChI is InChI=1S/C29H29OS2/c1-15-18(4)26-27(30)22-12-10-11-13-25(22)31-28(26)21(7)24(15)14-23-16(2)19(5)29(32(8)9)20(6)17(23)3/h8-13H,14H2,1-7H3/q+1. The van der Waals surface area contributed by atoms with Crippen LogP contribution in [0.2, 0.25) is 0 Å². The number of aryl methyl sites for hydroxylation is 2. The fraction of sp³-hybridized carbons (Fsp3) is 0.276. The average Bonchev–Trinajstić information content (AvgIpc) is 2.75. The molecule has 4 rings (SSSR count). The van der Waals surface area contributed by atoms with Crippen LogP contribution in [0.25, 0.3) is 20.2 Å². The molecule has 0 unspecified atom stereocenters. The summed E-state index contributed by atoms with van der Waals surface area (Å²) in [5, 5.41) is 1.69. The number of hydrogen-bond acceptors (Lipinski definition) is 2. The van der Waals surface area contributed by atoms with E-state index in [0.717, 1.165) is 37.1 Å². The Bertz CT molecular complexity index is 1430. The van der Waals surface area contributed by atoms with Gasteiger partial charge in [-0.3, -0.25) is 4.79 Å².